The van der Waals surface area contributed by atoms with Gasteiger partial charge in [0.15, 0.2) is 5.13 Å². The van der Waals surface area contributed by atoms with Gasteiger partial charge in [-0.05, 0) is 49.5 Å². The molecule has 1 aliphatic heterocycles. The average Bonchev–Trinajstić information content (AvgIpc) is 2.89. The van der Waals surface area contributed by atoms with Crippen LogP contribution < -0.4 is 5.32 Å². The number of nitrogens with one attached hydrogen (secondary N) is 1. The SMILES string of the molecule is CCC1CCc2nc(NC(=O)C3(O)CCSCC3)sc2C1. The number of nitrogens with zero attached hydrogens (tertiary/aromatic N) is 1. The summed E-state index contributed by atoms with van der Waals surface area (Å²) in [4.78, 5) is 18.2. The van der Waals surface area contributed by atoms with Crippen LogP contribution >= 0.6 is 23.1 Å². The summed E-state index contributed by atoms with van der Waals surface area (Å²) in [5, 5.41) is 13.9. The Labute approximate surface area is 133 Å². The number of carbonyl (C=O) groups is 1. The number of aryl methyl sites for hydroxylation is 1. The average molecular weight is 326 g/mol. The van der Waals surface area contributed by atoms with Crippen LogP contribution in [0.15, 0.2) is 0 Å². The number of rotatable bonds is 3. The number of amides is 1. The van der Waals surface area contributed by atoms with Gasteiger partial charge in [0.05, 0.1) is 5.69 Å². The molecule has 0 radical (unpaired) electrons. The maximum Gasteiger partial charge on any atom is 0.258 e. The van der Waals surface area contributed by atoms with Crippen LogP contribution in [0.25, 0.3) is 0 Å². The van der Waals surface area contributed by atoms with Gasteiger partial charge in [-0.2, -0.15) is 11.8 Å². The van der Waals surface area contributed by atoms with Gasteiger partial charge in [0.2, 0.25) is 0 Å². The van der Waals surface area contributed by atoms with E-state index in [2.05, 4.69) is 17.2 Å². The molecule has 2 heterocycles. The van der Waals surface area contributed by atoms with Gasteiger partial charge in [0.25, 0.3) is 5.91 Å². The summed E-state index contributed by atoms with van der Waals surface area (Å²) in [6.07, 6.45) is 5.57. The summed E-state index contributed by atoms with van der Waals surface area (Å²) < 4.78 is 0. The predicted octanol–water partition coefficient (Wildman–Crippen LogP) is 2.85. The third-order valence-electron chi connectivity index (χ3n) is 4.58. The smallest absolute Gasteiger partial charge is 0.258 e. The van der Waals surface area contributed by atoms with Crippen LogP contribution in [0.2, 0.25) is 0 Å². The van der Waals surface area contributed by atoms with Gasteiger partial charge in [-0.3, -0.25) is 10.1 Å². The number of hydrogen-bond donors (Lipinski definition) is 2. The fourth-order valence-corrected chi connectivity index (χ4v) is 5.28. The molecule has 1 unspecified atom stereocenters. The molecule has 0 saturated carbocycles. The molecule has 1 aromatic rings. The Morgan fingerprint density at radius 1 is 1.48 bits per heavy atom. The maximum atomic E-state index is 12.3. The van der Waals surface area contributed by atoms with Crippen LogP contribution in [0, 0.1) is 5.92 Å². The van der Waals surface area contributed by atoms with Crippen molar-refractivity contribution < 1.29 is 9.90 Å². The largest absolute Gasteiger partial charge is 0.380 e. The molecule has 0 bridgehead atoms. The topological polar surface area (TPSA) is 62.2 Å². The summed E-state index contributed by atoms with van der Waals surface area (Å²) >= 11 is 3.38. The van der Waals surface area contributed by atoms with Crippen molar-refractivity contribution >= 4 is 34.1 Å². The van der Waals surface area contributed by atoms with Crippen molar-refractivity contribution in [3.63, 3.8) is 0 Å². The first-order valence-electron chi connectivity index (χ1n) is 7.71. The lowest BCUT2D eigenvalue weighted by atomic mass is 9.89. The molecule has 0 spiro atoms. The van der Waals surface area contributed by atoms with Gasteiger partial charge in [-0.1, -0.05) is 13.3 Å². The lowest BCUT2D eigenvalue weighted by Gasteiger charge is -2.29. The highest BCUT2D eigenvalue weighted by Crippen LogP contribution is 2.34. The number of aromatic nitrogens is 1. The summed E-state index contributed by atoms with van der Waals surface area (Å²) in [6.45, 7) is 2.23. The predicted molar refractivity (Wildman–Crippen MR) is 88.1 cm³/mol. The molecule has 2 aliphatic rings. The molecule has 2 N–H and O–H groups in total. The van der Waals surface area contributed by atoms with Crippen molar-refractivity contribution in [1.82, 2.24) is 4.98 Å². The number of thiazole rings is 1. The van der Waals surface area contributed by atoms with E-state index in [1.165, 1.54) is 17.7 Å². The fraction of sp³-hybridized carbons (Fsp3) is 0.733. The second-order valence-corrected chi connectivity index (χ2v) is 8.31. The summed E-state index contributed by atoms with van der Waals surface area (Å²) in [5.74, 6) is 2.16. The highest BCUT2D eigenvalue weighted by molar-refractivity contribution is 7.99. The number of fused-ring (bicyclic) bond motifs is 1. The highest BCUT2D eigenvalue weighted by atomic mass is 32.2. The minimum absolute atomic E-state index is 0.277. The van der Waals surface area contributed by atoms with Crippen LogP contribution in [-0.4, -0.2) is 33.1 Å². The number of thioether (sulfide) groups is 1. The van der Waals surface area contributed by atoms with E-state index in [0.717, 1.165) is 36.0 Å². The Kier molecular flexibility index (Phi) is 4.57. The van der Waals surface area contributed by atoms with Gasteiger partial charge < -0.3 is 5.11 Å². The van der Waals surface area contributed by atoms with Crippen molar-refractivity contribution in [2.24, 2.45) is 5.92 Å². The Morgan fingerprint density at radius 2 is 2.24 bits per heavy atom. The molecule has 1 saturated heterocycles. The maximum absolute atomic E-state index is 12.3. The molecule has 21 heavy (non-hydrogen) atoms. The molecule has 1 aromatic heterocycles. The summed E-state index contributed by atoms with van der Waals surface area (Å²) in [7, 11) is 0. The number of carbonyl (C=O) groups excluding carboxylic acids is 1. The Balaban J connectivity index is 1.68. The van der Waals surface area contributed by atoms with Crippen LogP contribution in [0.5, 0.6) is 0 Å². The van der Waals surface area contributed by atoms with Crippen molar-refractivity contribution in [1.29, 1.82) is 0 Å². The molecule has 1 fully saturated rings. The van der Waals surface area contributed by atoms with Crippen molar-refractivity contribution in [3.05, 3.63) is 10.6 Å². The van der Waals surface area contributed by atoms with E-state index < -0.39 is 5.60 Å². The van der Waals surface area contributed by atoms with Crippen LogP contribution in [0.3, 0.4) is 0 Å². The monoisotopic (exact) mass is 326 g/mol. The third kappa shape index (κ3) is 3.27. The van der Waals surface area contributed by atoms with Gasteiger partial charge in [-0.15, -0.1) is 11.3 Å². The fourth-order valence-electron chi connectivity index (χ4n) is 2.99. The summed E-state index contributed by atoms with van der Waals surface area (Å²) in [5.41, 5.74) is -0.0604. The normalized spacial score (nSPS) is 24.4. The zero-order valence-corrected chi connectivity index (χ0v) is 14.0. The van der Waals surface area contributed by atoms with E-state index in [1.54, 1.807) is 23.1 Å². The Morgan fingerprint density at radius 3 is 2.95 bits per heavy atom. The van der Waals surface area contributed by atoms with Crippen molar-refractivity contribution in [2.75, 3.05) is 16.8 Å². The minimum atomic E-state index is -1.20. The Hall–Kier alpha value is -0.590. The molecule has 6 heteroatoms. The quantitative estimate of drug-likeness (QED) is 0.896. The third-order valence-corrected chi connectivity index (χ3v) is 6.60. The van der Waals surface area contributed by atoms with Crippen LogP contribution in [-0.2, 0) is 17.6 Å². The first-order valence-corrected chi connectivity index (χ1v) is 9.68. The number of hydrogen-bond acceptors (Lipinski definition) is 5. The molecular weight excluding hydrogens is 304 g/mol. The van der Waals surface area contributed by atoms with Gasteiger partial charge in [-0.25, -0.2) is 4.98 Å². The molecule has 4 nitrogen and oxygen atoms in total. The second kappa shape index (κ2) is 6.26. The molecule has 1 aliphatic carbocycles. The molecular formula is C15H22N2O2S2. The van der Waals surface area contributed by atoms with E-state index in [4.69, 9.17) is 0 Å². The number of aliphatic hydroxyl groups is 1. The van der Waals surface area contributed by atoms with Crippen LogP contribution in [0.1, 0.15) is 43.2 Å². The van der Waals surface area contributed by atoms with E-state index >= 15 is 0 Å². The van der Waals surface area contributed by atoms with Crippen molar-refractivity contribution in [3.8, 4) is 0 Å². The van der Waals surface area contributed by atoms with Crippen molar-refractivity contribution in [2.45, 2.75) is 51.0 Å². The van der Waals surface area contributed by atoms with E-state index in [-0.39, 0.29) is 5.91 Å². The standard InChI is InChI=1S/C15H22N2O2S2/c1-2-10-3-4-11-12(9-10)21-14(16-11)17-13(18)15(19)5-7-20-8-6-15/h10,19H,2-9H2,1H3,(H,16,17,18). The van der Waals surface area contributed by atoms with Gasteiger partial charge >= 0.3 is 0 Å². The molecule has 0 aromatic carbocycles. The lowest BCUT2D eigenvalue weighted by molar-refractivity contribution is -0.134. The van der Waals surface area contributed by atoms with Gasteiger partial charge in [0.1, 0.15) is 5.60 Å². The molecule has 3 rings (SSSR count). The first kappa shape index (κ1) is 15.3. The van der Waals surface area contributed by atoms with E-state index in [9.17, 15) is 9.90 Å². The second-order valence-electron chi connectivity index (χ2n) is 6.00. The highest BCUT2D eigenvalue weighted by Gasteiger charge is 2.38. The molecule has 116 valence electrons. The molecule has 1 atom stereocenters. The summed E-state index contributed by atoms with van der Waals surface area (Å²) in [6, 6.07) is 0. The first-order chi connectivity index (χ1) is 10.1. The zero-order valence-electron chi connectivity index (χ0n) is 12.4. The van der Waals surface area contributed by atoms with E-state index in [0.29, 0.717) is 18.0 Å². The molecule has 1 amide bonds. The van der Waals surface area contributed by atoms with Crippen LogP contribution in [0.4, 0.5) is 5.13 Å². The van der Waals surface area contributed by atoms with Gasteiger partial charge in [0, 0.05) is 4.88 Å². The lowest BCUT2D eigenvalue weighted by Crippen LogP contribution is -2.45. The Bertz CT molecular complexity index is 524. The number of anilines is 1. The zero-order chi connectivity index (χ0) is 14.9. The minimum Gasteiger partial charge on any atom is -0.380 e. The van der Waals surface area contributed by atoms with E-state index in [1.807, 2.05) is 0 Å².